The van der Waals surface area contributed by atoms with Gasteiger partial charge in [0.1, 0.15) is 0 Å². The van der Waals surface area contributed by atoms with Crippen molar-refractivity contribution in [1.29, 1.82) is 5.26 Å². The Morgan fingerprint density at radius 2 is 1.55 bits per heavy atom. The maximum Gasteiger partial charge on any atom is 0.161 e. The zero-order valence-electron chi connectivity index (χ0n) is 17.1. The second-order valence-corrected chi connectivity index (χ2v) is 8.08. The monoisotopic (exact) mass is 412 g/mol. The Bertz CT molecular complexity index is 860. The molecule has 0 atom stereocenters. The molecule has 0 bridgehead atoms. The Hall–Kier alpha value is -2.22. The molecular weight excluding hydrogens is 384 g/mol. The third kappa shape index (κ3) is 4.22. The van der Waals surface area contributed by atoms with Crippen molar-refractivity contribution in [1.82, 2.24) is 5.32 Å². The molecule has 0 aliphatic heterocycles. The second kappa shape index (κ2) is 9.07. The maximum absolute atomic E-state index is 10.0. The highest BCUT2D eigenvalue weighted by Crippen LogP contribution is 2.42. The third-order valence-electron chi connectivity index (χ3n) is 6.51. The number of nitrogens with one attached hydrogen (secondary N) is 1. The molecule has 0 aromatic heterocycles. The van der Waals surface area contributed by atoms with E-state index in [1.807, 2.05) is 18.2 Å². The highest BCUT2D eigenvalue weighted by Gasteiger charge is 2.38. The molecule has 2 aliphatic rings. The summed E-state index contributed by atoms with van der Waals surface area (Å²) in [7, 11) is 3.27. The van der Waals surface area contributed by atoms with Crippen LogP contribution in [0.2, 0.25) is 0 Å². The van der Waals surface area contributed by atoms with Crippen LogP contribution >= 0.6 is 12.4 Å². The van der Waals surface area contributed by atoms with Gasteiger partial charge in [-0.2, -0.15) is 5.26 Å². The molecule has 154 valence electrons. The second-order valence-electron chi connectivity index (χ2n) is 8.08. The molecule has 29 heavy (non-hydrogen) atoms. The van der Waals surface area contributed by atoms with E-state index < -0.39 is 5.41 Å². The summed E-state index contributed by atoms with van der Waals surface area (Å²) in [6.07, 6.45) is 6.02. The van der Waals surface area contributed by atoms with Crippen LogP contribution in [0, 0.1) is 11.3 Å². The maximum atomic E-state index is 10.0. The minimum atomic E-state index is -0.434. The highest BCUT2D eigenvalue weighted by atomic mass is 35.5. The van der Waals surface area contributed by atoms with E-state index in [0.717, 1.165) is 44.1 Å². The van der Waals surface area contributed by atoms with E-state index in [4.69, 9.17) is 9.47 Å². The molecule has 0 unspecified atom stereocenters. The molecule has 4 rings (SSSR count). The molecule has 2 aromatic rings. The van der Waals surface area contributed by atoms with Gasteiger partial charge in [0.05, 0.1) is 25.7 Å². The first-order chi connectivity index (χ1) is 13.7. The summed E-state index contributed by atoms with van der Waals surface area (Å²) < 4.78 is 10.8. The molecule has 0 radical (unpaired) electrons. The standard InChI is InChI=1S/C24H28N2O2.ClH/c1-27-22-8-7-19(15-23(22)28-2)24(16-25)11-9-20(10-12-24)26-21-13-17-5-3-4-6-18(17)14-21;/h3-8,15,20-21,26H,9-14H2,1-2H3;1H. The van der Waals surface area contributed by atoms with E-state index >= 15 is 0 Å². The molecule has 1 saturated carbocycles. The number of benzene rings is 2. The largest absolute Gasteiger partial charge is 0.493 e. The van der Waals surface area contributed by atoms with Gasteiger partial charge in [0, 0.05) is 12.1 Å². The van der Waals surface area contributed by atoms with Gasteiger partial charge in [-0.05, 0) is 67.3 Å². The lowest BCUT2D eigenvalue weighted by molar-refractivity contribution is 0.276. The van der Waals surface area contributed by atoms with E-state index in [0.29, 0.717) is 23.6 Å². The van der Waals surface area contributed by atoms with E-state index in [-0.39, 0.29) is 12.4 Å². The average Bonchev–Trinajstić information content (AvgIpc) is 3.16. The molecule has 4 nitrogen and oxygen atoms in total. The van der Waals surface area contributed by atoms with Crippen molar-refractivity contribution in [2.24, 2.45) is 0 Å². The van der Waals surface area contributed by atoms with Crippen LogP contribution in [0.25, 0.3) is 0 Å². The quantitative estimate of drug-likeness (QED) is 0.780. The minimum absolute atomic E-state index is 0. The molecule has 1 N–H and O–H groups in total. The molecule has 0 heterocycles. The molecule has 2 aliphatic carbocycles. The fraction of sp³-hybridized carbons (Fsp3) is 0.458. The van der Waals surface area contributed by atoms with Crippen LogP contribution in [0.15, 0.2) is 42.5 Å². The molecule has 0 saturated heterocycles. The van der Waals surface area contributed by atoms with Gasteiger partial charge in [0.25, 0.3) is 0 Å². The number of hydrogen-bond donors (Lipinski definition) is 1. The SMILES string of the molecule is COc1ccc(C2(C#N)CCC(NC3Cc4ccccc4C3)CC2)cc1OC.Cl. The number of methoxy groups -OCH3 is 2. The molecule has 5 heteroatoms. The van der Waals surface area contributed by atoms with Crippen LogP contribution in [0.3, 0.4) is 0 Å². The van der Waals surface area contributed by atoms with E-state index in [1.165, 1.54) is 11.1 Å². The highest BCUT2D eigenvalue weighted by molar-refractivity contribution is 5.85. The van der Waals surface area contributed by atoms with Crippen LogP contribution in [-0.2, 0) is 18.3 Å². The van der Waals surface area contributed by atoms with Crippen LogP contribution in [0.4, 0.5) is 0 Å². The van der Waals surface area contributed by atoms with Crippen LogP contribution in [0.1, 0.15) is 42.4 Å². The Morgan fingerprint density at radius 1 is 0.931 bits per heavy atom. The Labute approximate surface area is 179 Å². The van der Waals surface area contributed by atoms with Gasteiger partial charge in [0.15, 0.2) is 11.5 Å². The van der Waals surface area contributed by atoms with Crippen molar-refractivity contribution in [3.8, 4) is 17.6 Å². The van der Waals surface area contributed by atoms with Crippen LogP contribution < -0.4 is 14.8 Å². The lowest BCUT2D eigenvalue weighted by Gasteiger charge is -2.37. The van der Waals surface area contributed by atoms with Gasteiger partial charge >= 0.3 is 0 Å². The normalized spacial score (nSPS) is 23.6. The fourth-order valence-corrected chi connectivity index (χ4v) is 4.89. The predicted molar refractivity (Wildman–Crippen MR) is 117 cm³/mol. The first kappa shape index (κ1) is 21.5. The summed E-state index contributed by atoms with van der Waals surface area (Å²) in [4.78, 5) is 0. The topological polar surface area (TPSA) is 54.3 Å². The van der Waals surface area contributed by atoms with Gasteiger partial charge in [-0.3, -0.25) is 0 Å². The van der Waals surface area contributed by atoms with Gasteiger partial charge in [-0.15, -0.1) is 12.4 Å². The van der Waals surface area contributed by atoms with Gasteiger partial charge < -0.3 is 14.8 Å². The van der Waals surface area contributed by atoms with E-state index in [2.05, 4.69) is 35.7 Å². The Balaban J connectivity index is 0.00000240. The lowest BCUT2D eigenvalue weighted by Crippen LogP contribution is -2.44. The third-order valence-corrected chi connectivity index (χ3v) is 6.51. The summed E-state index contributed by atoms with van der Waals surface area (Å²) in [6, 6.07) is 18.3. The van der Waals surface area contributed by atoms with Crippen molar-refractivity contribution in [2.45, 2.75) is 56.0 Å². The number of halogens is 1. The first-order valence-electron chi connectivity index (χ1n) is 10.1. The predicted octanol–water partition coefficient (Wildman–Crippen LogP) is 4.59. The smallest absolute Gasteiger partial charge is 0.161 e. The van der Waals surface area contributed by atoms with Crippen molar-refractivity contribution < 1.29 is 9.47 Å². The van der Waals surface area contributed by atoms with Crippen molar-refractivity contribution in [3.05, 3.63) is 59.2 Å². The zero-order valence-corrected chi connectivity index (χ0v) is 17.9. The number of nitriles is 1. The number of ether oxygens (including phenoxy) is 2. The van der Waals surface area contributed by atoms with Gasteiger partial charge in [0.2, 0.25) is 0 Å². The van der Waals surface area contributed by atoms with Crippen molar-refractivity contribution in [2.75, 3.05) is 14.2 Å². The number of nitrogens with zero attached hydrogens (tertiary/aromatic N) is 1. The van der Waals surface area contributed by atoms with Gasteiger partial charge in [-0.1, -0.05) is 30.3 Å². The molecule has 2 aromatic carbocycles. The van der Waals surface area contributed by atoms with Crippen molar-refractivity contribution in [3.63, 3.8) is 0 Å². The van der Waals surface area contributed by atoms with Crippen LogP contribution in [0.5, 0.6) is 11.5 Å². The van der Waals surface area contributed by atoms with Crippen molar-refractivity contribution >= 4 is 12.4 Å². The van der Waals surface area contributed by atoms with E-state index in [1.54, 1.807) is 14.2 Å². The number of hydrogen-bond acceptors (Lipinski definition) is 4. The van der Waals surface area contributed by atoms with Gasteiger partial charge in [-0.25, -0.2) is 0 Å². The molecule has 0 spiro atoms. The van der Waals surface area contributed by atoms with E-state index in [9.17, 15) is 5.26 Å². The average molecular weight is 413 g/mol. The summed E-state index contributed by atoms with van der Waals surface area (Å²) in [6.45, 7) is 0. The Morgan fingerprint density at radius 3 is 2.10 bits per heavy atom. The molecular formula is C24H29ClN2O2. The van der Waals surface area contributed by atoms with Crippen LogP contribution in [-0.4, -0.2) is 26.3 Å². The summed E-state index contributed by atoms with van der Waals surface area (Å²) in [5.41, 5.74) is 3.57. The summed E-state index contributed by atoms with van der Waals surface area (Å²) in [5.74, 6) is 1.40. The summed E-state index contributed by atoms with van der Waals surface area (Å²) >= 11 is 0. The summed E-state index contributed by atoms with van der Waals surface area (Å²) in [5, 5.41) is 13.9. The molecule has 1 fully saturated rings. The fourth-order valence-electron chi connectivity index (χ4n) is 4.89. The first-order valence-corrected chi connectivity index (χ1v) is 10.1. The zero-order chi connectivity index (χ0) is 19.6. The number of fused-ring (bicyclic) bond motifs is 1. The number of rotatable bonds is 5. The minimum Gasteiger partial charge on any atom is -0.493 e. The lowest BCUT2D eigenvalue weighted by atomic mass is 9.69. The Kier molecular flexibility index (Phi) is 6.72. The molecule has 0 amide bonds.